The Morgan fingerprint density at radius 2 is 2.21 bits per heavy atom. The summed E-state index contributed by atoms with van der Waals surface area (Å²) in [5.74, 6) is -0.372. The normalized spacial score (nSPS) is 10.2. The van der Waals surface area contributed by atoms with Crippen molar-refractivity contribution in [2.45, 2.75) is 0 Å². The number of carbonyl (C=O) groups is 1. The van der Waals surface area contributed by atoms with Gasteiger partial charge < -0.3 is 14.8 Å². The van der Waals surface area contributed by atoms with E-state index in [-0.39, 0.29) is 0 Å². The number of carboxylic acid groups (broad SMARTS) is 1. The lowest BCUT2D eigenvalue weighted by molar-refractivity contribution is 0.0694. The molecular weight excluding hydrogens is 316 g/mol. The number of methoxy groups -OCH3 is 1. The maximum Gasteiger partial charge on any atom is 0.342 e. The quantitative estimate of drug-likeness (QED) is 0.899. The number of hydrogen-bond acceptors (Lipinski definition) is 4. The smallest absolute Gasteiger partial charge is 0.342 e. The van der Waals surface area contributed by atoms with Gasteiger partial charge in [-0.2, -0.15) is 0 Å². The van der Waals surface area contributed by atoms with Crippen LogP contribution in [0.4, 0.5) is 0 Å². The molecule has 2 rings (SSSR count). The van der Waals surface area contributed by atoms with Gasteiger partial charge in [0.05, 0.1) is 11.6 Å². The highest BCUT2D eigenvalue weighted by atomic mass is 79.9. The first kappa shape index (κ1) is 13.3. The second-order valence-electron chi connectivity index (χ2n) is 3.63. The lowest BCUT2D eigenvalue weighted by Crippen LogP contribution is -2.18. The molecular formula is C12H9BrN2O4. The lowest BCUT2D eigenvalue weighted by atomic mass is 10.2. The van der Waals surface area contributed by atoms with Gasteiger partial charge in [0.1, 0.15) is 17.1 Å². The van der Waals surface area contributed by atoms with E-state index in [2.05, 4.69) is 25.9 Å². The minimum atomic E-state index is -1.31. The van der Waals surface area contributed by atoms with E-state index in [1.807, 2.05) is 0 Å². The summed E-state index contributed by atoms with van der Waals surface area (Å²) in [7, 11) is 1.54. The van der Waals surface area contributed by atoms with Crippen LogP contribution in [-0.2, 0) is 0 Å². The van der Waals surface area contributed by atoms with E-state index in [0.29, 0.717) is 21.6 Å². The summed E-state index contributed by atoms with van der Waals surface area (Å²) in [6.45, 7) is 0. The maximum atomic E-state index is 11.6. The summed E-state index contributed by atoms with van der Waals surface area (Å²) in [5, 5.41) is 8.76. The van der Waals surface area contributed by atoms with Crippen LogP contribution in [0.25, 0.3) is 11.4 Å². The molecule has 0 atom stereocenters. The Morgan fingerprint density at radius 3 is 2.74 bits per heavy atom. The van der Waals surface area contributed by atoms with Gasteiger partial charge in [0.25, 0.3) is 5.56 Å². The van der Waals surface area contributed by atoms with E-state index in [9.17, 15) is 9.59 Å². The van der Waals surface area contributed by atoms with Gasteiger partial charge in [-0.3, -0.25) is 4.79 Å². The van der Waals surface area contributed by atoms with Crippen molar-refractivity contribution in [2.75, 3.05) is 7.11 Å². The van der Waals surface area contributed by atoms with Crippen LogP contribution in [0.2, 0.25) is 0 Å². The molecule has 0 unspecified atom stereocenters. The zero-order chi connectivity index (χ0) is 14.0. The van der Waals surface area contributed by atoms with Crippen molar-refractivity contribution in [2.24, 2.45) is 0 Å². The summed E-state index contributed by atoms with van der Waals surface area (Å²) in [4.78, 5) is 28.6. The molecule has 0 aliphatic rings. The third-order valence-electron chi connectivity index (χ3n) is 2.45. The van der Waals surface area contributed by atoms with Gasteiger partial charge in [-0.1, -0.05) is 0 Å². The third-order valence-corrected chi connectivity index (χ3v) is 3.07. The number of H-pyrrole nitrogens is 1. The average Bonchev–Trinajstić information content (AvgIpc) is 2.38. The summed E-state index contributed by atoms with van der Waals surface area (Å²) in [6, 6.07) is 5.14. The highest BCUT2D eigenvalue weighted by Crippen LogP contribution is 2.28. The Kier molecular flexibility index (Phi) is 3.66. The van der Waals surface area contributed by atoms with Gasteiger partial charge in [0.2, 0.25) is 0 Å². The van der Waals surface area contributed by atoms with Crippen LogP contribution in [0.3, 0.4) is 0 Å². The van der Waals surface area contributed by atoms with Gasteiger partial charge in [-0.05, 0) is 34.1 Å². The number of benzene rings is 1. The van der Waals surface area contributed by atoms with Crippen LogP contribution in [-0.4, -0.2) is 28.2 Å². The molecule has 19 heavy (non-hydrogen) atoms. The highest BCUT2D eigenvalue weighted by molar-refractivity contribution is 9.10. The average molecular weight is 325 g/mol. The Bertz CT molecular complexity index is 696. The predicted molar refractivity (Wildman–Crippen MR) is 71.5 cm³/mol. The van der Waals surface area contributed by atoms with Gasteiger partial charge in [-0.15, -0.1) is 0 Å². The van der Waals surface area contributed by atoms with Crippen molar-refractivity contribution in [1.29, 1.82) is 0 Å². The minimum Gasteiger partial charge on any atom is -0.496 e. The van der Waals surface area contributed by atoms with Crippen LogP contribution >= 0.6 is 15.9 Å². The predicted octanol–water partition coefficient (Wildman–Crippen LogP) is 1.91. The van der Waals surface area contributed by atoms with Crippen LogP contribution in [0.15, 0.2) is 33.7 Å². The first-order valence-electron chi connectivity index (χ1n) is 5.19. The number of carboxylic acids is 1. The first-order chi connectivity index (χ1) is 9.02. The summed E-state index contributed by atoms with van der Waals surface area (Å²) < 4.78 is 5.80. The molecule has 0 fully saturated rings. The number of aromatic nitrogens is 2. The van der Waals surface area contributed by atoms with Crippen molar-refractivity contribution in [1.82, 2.24) is 9.97 Å². The van der Waals surface area contributed by atoms with E-state index in [1.165, 1.54) is 0 Å². The monoisotopic (exact) mass is 324 g/mol. The van der Waals surface area contributed by atoms with E-state index < -0.39 is 17.1 Å². The SMILES string of the molecule is COc1ccc(-c2ncc(C(=O)O)c(=O)[nH]2)cc1Br. The highest BCUT2D eigenvalue weighted by Gasteiger charge is 2.11. The number of rotatable bonds is 3. The van der Waals surface area contributed by atoms with E-state index in [1.54, 1.807) is 25.3 Å². The van der Waals surface area contributed by atoms with E-state index in [0.717, 1.165) is 6.20 Å². The Hall–Kier alpha value is -2.15. The summed E-state index contributed by atoms with van der Waals surface area (Å²) >= 11 is 3.32. The topological polar surface area (TPSA) is 92.3 Å². The standard InChI is InChI=1S/C12H9BrN2O4/c1-19-9-3-2-6(4-8(9)13)10-14-5-7(12(17)18)11(16)15-10/h2-5H,1H3,(H,17,18)(H,14,15,16). The number of ether oxygens (including phenoxy) is 1. The van der Waals surface area contributed by atoms with E-state index in [4.69, 9.17) is 9.84 Å². The molecule has 0 radical (unpaired) electrons. The fourth-order valence-electron chi connectivity index (χ4n) is 1.51. The molecule has 1 aromatic carbocycles. The number of nitrogens with zero attached hydrogens (tertiary/aromatic N) is 1. The second kappa shape index (κ2) is 5.23. The third kappa shape index (κ3) is 2.65. The zero-order valence-corrected chi connectivity index (χ0v) is 11.4. The lowest BCUT2D eigenvalue weighted by Gasteiger charge is -2.06. The fraction of sp³-hybridized carbons (Fsp3) is 0.0833. The molecule has 98 valence electrons. The molecule has 0 aliphatic heterocycles. The number of aromatic carboxylic acids is 1. The summed E-state index contributed by atoms with van der Waals surface area (Å²) in [5.41, 5.74) is -0.442. The number of aromatic amines is 1. The molecule has 0 saturated carbocycles. The van der Waals surface area contributed by atoms with Crippen LogP contribution in [0.1, 0.15) is 10.4 Å². The van der Waals surface area contributed by atoms with Gasteiger partial charge in [0, 0.05) is 11.8 Å². The van der Waals surface area contributed by atoms with Crippen molar-refractivity contribution >= 4 is 21.9 Å². The van der Waals surface area contributed by atoms with Crippen LogP contribution in [0, 0.1) is 0 Å². The first-order valence-corrected chi connectivity index (χ1v) is 5.98. The molecule has 0 spiro atoms. The molecule has 0 bridgehead atoms. The van der Waals surface area contributed by atoms with Crippen molar-refractivity contribution in [3.05, 3.63) is 44.8 Å². The van der Waals surface area contributed by atoms with Crippen molar-refractivity contribution in [3.63, 3.8) is 0 Å². The van der Waals surface area contributed by atoms with Crippen molar-refractivity contribution < 1.29 is 14.6 Å². The zero-order valence-electron chi connectivity index (χ0n) is 9.81. The molecule has 0 amide bonds. The van der Waals surface area contributed by atoms with Crippen molar-refractivity contribution in [3.8, 4) is 17.1 Å². The van der Waals surface area contributed by atoms with E-state index >= 15 is 0 Å². The molecule has 7 heteroatoms. The van der Waals surface area contributed by atoms with Gasteiger partial charge >= 0.3 is 5.97 Å². The van der Waals surface area contributed by atoms with Gasteiger partial charge in [0.15, 0.2) is 0 Å². The summed E-state index contributed by atoms with van der Waals surface area (Å²) in [6.07, 6.45) is 1.04. The van der Waals surface area contributed by atoms with Gasteiger partial charge in [-0.25, -0.2) is 9.78 Å². The fourth-order valence-corrected chi connectivity index (χ4v) is 2.05. The number of hydrogen-bond donors (Lipinski definition) is 2. The molecule has 1 heterocycles. The van der Waals surface area contributed by atoms with Crippen LogP contribution < -0.4 is 10.3 Å². The minimum absolute atomic E-state index is 0.290. The number of halogens is 1. The Balaban J connectivity index is 2.48. The molecule has 1 aromatic heterocycles. The maximum absolute atomic E-state index is 11.6. The molecule has 6 nitrogen and oxygen atoms in total. The molecule has 2 N–H and O–H groups in total. The number of nitrogens with one attached hydrogen (secondary N) is 1. The Labute approximate surface area is 116 Å². The second-order valence-corrected chi connectivity index (χ2v) is 4.48. The molecule has 0 aliphatic carbocycles. The molecule has 0 saturated heterocycles. The van der Waals surface area contributed by atoms with Crippen LogP contribution in [0.5, 0.6) is 5.75 Å². The largest absolute Gasteiger partial charge is 0.496 e. The molecule has 2 aromatic rings. The Morgan fingerprint density at radius 1 is 1.47 bits per heavy atom.